The number of nitrogens with one attached hydrogen (secondary N) is 3. The van der Waals surface area contributed by atoms with Gasteiger partial charge in [-0.05, 0) is 49.6 Å². The first-order valence-corrected chi connectivity index (χ1v) is 13.5. The maximum atomic E-state index is 15.1. The zero-order valence-corrected chi connectivity index (χ0v) is 22.7. The predicted octanol–water partition coefficient (Wildman–Crippen LogP) is 7.11. The second kappa shape index (κ2) is 10.8. The monoisotopic (exact) mass is 599 g/mol. The Morgan fingerprint density at radius 2 is 1.98 bits per heavy atom. The van der Waals surface area contributed by atoms with Crippen LogP contribution in [0.1, 0.15) is 54.6 Å². The number of hydrogen-bond acceptors (Lipinski definition) is 5. The van der Waals surface area contributed by atoms with E-state index in [9.17, 15) is 22.4 Å². The first-order valence-electron chi connectivity index (χ1n) is 13.5. The van der Waals surface area contributed by atoms with Crippen molar-refractivity contribution in [2.75, 3.05) is 6.61 Å². The molecule has 3 aromatic carbocycles. The molecule has 6 rings (SSSR count). The minimum atomic E-state index is -3.18. The zero-order valence-electron chi connectivity index (χ0n) is 22.7. The SMILES string of the molecule is C[C@]1(C2=CNC(c3cc(Oc4c(F)c(F)c5[nH]ccc5c4C(F)F)ccc3F)N2)CCOc2c(CCC(=O)O)cccc21. The van der Waals surface area contributed by atoms with E-state index in [-0.39, 0.29) is 23.1 Å². The maximum Gasteiger partial charge on any atom is 0.303 e. The molecular weight excluding hydrogens is 573 g/mol. The number of H-pyrrole nitrogens is 1. The highest BCUT2D eigenvalue weighted by Gasteiger charge is 2.41. The number of rotatable bonds is 8. The summed E-state index contributed by atoms with van der Waals surface area (Å²) in [4.78, 5) is 13.6. The van der Waals surface area contributed by atoms with E-state index in [4.69, 9.17) is 14.6 Å². The molecule has 0 bridgehead atoms. The van der Waals surface area contributed by atoms with Crippen molar-refractivity contribution in [3.63, 3.8) is 0 Å². The van der Waals surface area contributed by atoms with Crippen LogP contribution in [-0.2, 0) is 16.6 Å². The molecule has 0 aliphatic carbocycles. The molecule has 224 valence electrons. The summed E-state index contributed by atoms with van der Waals surface area (Å²) in [6.07, 6.45) is -0.234. The second-order valence-electron chi connectivity index (χ2n) is 10.6. The molecule has 0 saturated carbocycles. The van der Waals surface area contributed by atoms with E-state index in [0.29, 0.717) is 30.9 Å². The van der Waals surface area contributed by atoms with Crippen LogP contribution in [0.25, 0.3) is 10.9 Å². The molecule has 2 aliphatic rings. The molecule has 0 saturated heterocycles. The predicted molar refractivity (Wildman–Crippen MR) is 147 cm³/mol. The van der Waals surface area contributed by atoms with E-state index in [1.165, 1.54) is 18.3 Å². The number of aryl methyl sites for hydroxylation is 1. The Morgan fingerprint density at radius 1 is 1.16 bits per heavy atom. The average Bonchev–Trinajstić information content (AvgIpc) is 3.67. The number of aliphatic carboxylic acids is 1. The molecule has 1 unspecified atom stereocenters. The van der Waals surface area contributed by atoms with Gasteiger partial charge in [0.1, 0.15) is 23.5 Å². The molecule has 7 nitrogen and oxygen atoms in total. The van der Waals surface area contributed by atoms with Crippen molar-refractivity contribution in [3.05, 3.63) is 100 Å². The fourth-order valence-electron chi connectivity index (χ4n) is 5.76. The topological polar surface area (TPSA) is 95.6 Å². The van der Waals surface area contributed by atoms with Crippen LogP contribution >= 0.6 is 0 Å². The highest BCUT2D eigenvalue weighted by molar-refractivity contribution is 5.86. The van der Waals surface area contributed by atoms with Gasteiger partial charge in [-0.1, -0.05) is 18.2 Å². The number of alkyl halides is 2. The Kier molecular flexibility index (Phi) is 7.15. The quantitative estimate of drug-likeness (QED) is 0.161. The van der Waals surface area contributed by atoms with Crippen LogP contribution in [0.2, 0.25) is 0 Å². The second-order valence-corrected chi connectivity index (χ2v) is 10.6. The summed E-state index contributed by atoms with van der Waals surface area (Å²) >= 11 is 0. The molecule has 12 heteroatoms. The number of halogens is 5. The molecule has 0 fully saturated rings. The molecule has 2 atom stereocenters. The third-order valence-electron chi connectivity index (χ3n) is 8.05. The van der Waals surface area contributed by atoms with Crippen LogP contribution in [0.5, 0.6) is 17.2 Å². The summed E-state index contributed by atoms with van der Waals surface area (Å²) in [7, 11) is 0. The smallest absolute Gasteiger partial charge is 0.303 e. The Labute approximate surface area is 242 Å². The molecule has 0 spiro atoms. The van der Waals surface area contributed by atoms with Crippen molar-refractivity contribution in [1.82, 2.24) is 15.6 Å². The summed E-state index contributed by atoms with van der Waals surface area (Å²) in [5.41, 5.74) is 0.557. The fourth-order valence-corrected chi connectivity index (χ4v) is 5.76. The molecular formula is C31H26F5N3O4. The van der Waals surface area contributed by atoms with Gasteiger partial charge in [-0.25, -0.2) is 17.6 Å². The lowest BCUT2D eigenvalue weighted by Gasteiger charge is -2.38. The number of benzene rings is 3. The molecule has 1 aromatic heterocycles. The number of fused-ring (bicyclic) bond motifs is 2. The average molecular weight is 600 g/mol. The van der Waals surface area contributed by atoms with Gasteiger partial charge in [0.25, 0.3) is 6.43 Å². The third kappa shape index (κ3) is 4.90. The van der Waals surface area contributed by atoms with Gasteiger partial charge >= 0.3 is 5.97 Å². The van der Waals surface area contributed by atoms with Crippen LogP contribution < -0.4 is 20.1 Å². The first-order chi connectivity index (χ1) is 20.6. The maximum absolute atomic E-state index is 15.1. The van der Waals surface area contributed by atoms with Gasteiger partial charge < -0.3 is 30.2 Å². The standard InChI is InChI=1S/C31H26F5N3O4/c1-31(10-12-42-27-15(5-8-22(40)41)3-2-4-19(27)31)21-14-38-30(39-21)18-13-16(6-7-20(18)32)43-28-23(29(35)36)17-9-11-37-26(17)24(33)25(28)34/h2-4,6-7,9,11,13-14,29-30,37-39H,5,8,10,12H2,1H3,(H,40,41)/t30?,31-/m0/s1. The molecule has 3 heterocycles. The molecule has 4 aromatic rings. The van der Waals surface area contributed by atoms with E-state index >= 15 is 4.39 Å². The van der Waals surface area contributed by atoms with Gasteiger partial charge in [0.15, 0.2) is 11.6 Å². The van der Waals surface area contributed by atoms with Gasteiger partial charge in [-0.3, -0.25) is 4.79 Å². The van der Waals surface area contributed by atoms with Gasteiger partial charge in [-0.15, -0.1) is 0 Å². The minimum Gasteiger partial charge on any atom is -0.493 e. The van der Waals surface area contributed by atoms with Gasteiger partial charge in [0.05, 0.1) is 17.7 Å². The molecule has 2 aliphatic heterocycles. The lowest BCUT2D eigenvalue weighted by molar-refractivity contribution is -0.136. The number of hydrogen-bond donors (Lipinski definition) is 4. The number of allylic oxidation sites excluding steroid dienone is 1. The lowest BCUT2D eigenvalue weighted by Crippen LogP contribution is -2.37. The van der Waals surface area contributed by atoms with E-state index in [2.05, 4.69) is 15.6 Å². The molecule has 4 N–H and O–H groups in total. The number of aromatic amines is 1. The Balaban J connectivity index is 1.28. The van der Waals surface area contributed by atoms with Crippen LogP contribution in [0.4, 0.5) is 22.0 Å². The van der Waals surface area contributed by atoms with Gasteiger partial charge in [0.2, 0.25) is 5.82 Å². The Bertz CT molecular complexity index is 1770. The molecule has 0 radical (unpaired) electrons. The van der Waals surface area contributed by atoms with E-state index < -0.39 is 58.3 Å². The van der Waals surface area contributed by atoms with Crippen molar-refractivity contribution >= 4 is 16.9 Å². The van der Waals surface area contributed by atoms with E-state index in [1.807, 2.05) is 25.1 Å². The van der Waals surface area contributed by atoms with Crippen LogP contribution in [0.3, 0.4) is 0 Å². The summed E-state index contributed by atoms with van der Waals surface area (Å²) < 4.78 is 84.1. The Hall–Kier alpha value is -4.74. The van der Waals surface area contributed by atoms with Crippen molar-refractivity contribution in [2.45, 2.75) is 44.2 Å². The number of carboxylic acid groups (broad SMARTS) is 1. The summed E-state index contributed by atoms with van der Waals surface area (Å²) in [5, 5.41) is 15.3. The number of carbonyl (C=O) groups is 1. The number of ether oxygens (including phenoxy) is 2. The summed E-state index contributed by atoms with van der Waals surface area (Å²) in [6, 6.07) is 10.2. The zero-order chi connectivity index (χ0) is 30.5. The highest BCUT2D eigenvalue weighted by atomic mass is 19.3. The summed E-state index contributed by atoms with van der Waals surface area (Å²) in [5.74, 6) is -5.06. The minimum absolute atomic E-state index is 0.0484. The number of aromatic nitrogens is 1. The molecule has 0 amide bonds. The van der Waals surface area contributed by atoms with Crippen LogP contribution in [0.15, 0.2) is 60.6 Å². The largest absolute Gasteiger partial charge is 0.493 e. The van der Waals surface area contributed by atoms with Gasteiger partial charge in [0, 0.05) is 46.4 Å². The van der Waals surface area contributed by atoms with Crippen molar-refractivity contribution < 1.29 is 41.3 Å². The first kappa shape index (κ1) is 28.4. The van der Waals surface area contributed by atoms with Crippen molar-refractivity contribution in [3.8, 4) is 17.2 Å². The summed E-state index contributed by atoms with van der Waals surface area (Å²) in [6.45, 7) is 2.36. The fraction of sp³-hybridized carbons (Fsp3) is 0.258. The van der Waals surface area contributed by atoms with Crippen LogP contribution in [0, 0.1) is 17.5 Å². The third-order valence-corrected chi connectivity index (χ3v) is 8.05. The van der Waals surface area contributed by atoms with Gasteiger partial charge in [-0.2, -0.15) is 4.39 Å². The number of carboxylic acids is 1. The van der Waals surface area contributed by atoms with Crippen molar-refractivity contribution in [2.24, 2.45) is 0 Å². The normalized spacial score (nSPS) is 19.4. The highest BCUT2D eigenvalue weighted by Crippen LogP contribution is 2.46. The molecule has 43 heavy (non-hydrogen) atoms. The van der Waals surface area contributed by atoms with Crippen molar-refractivity contribution in [1.29, 1.82) is 0 Å². The number of para-hydroxylation sites is 1. The van der Waals surface area contributed by atoms with E-state index in [0.717, 1.165) is 23.3 Å². The lowest BCUT2D eigenvalue weighted by atomic mass is 9.74. The Morgan fingerprint density at radius 3 is 2.74 bits per heavy atom. The van der Waals surface area contributed by atoms with Crippen LogP contribution in [-0.4, -0.2) is 22.7 Å². The van der Waals surface area contributed by atoms with E-state index in [1.54, 1.807) is 6.20 Å².